The van der Waals surface area contributed by atoms with Crippen LogP contribution in [-0.4, -0.2) is 21.0 Å². The van der Waals surface area contributed by atoms with Gasteiger partial charge in [-0.2, -0.15) is 0 Å². The molecule has 0 aliphatic heterocycles. The highest BCUT2D eigenvalue weighted by atomic mass is 32.2. The zero-order chi connectivity index (χ0) is 13.6. The number of nitrogens with one attached hydrogen (secondary N) is 2. The summed E-state index contributed by atoms with van der Waals surface area (Å²) < 4.78 is 25.6. The summed E-state index contributed by atoms with van der Waals surface area (Å²) in [5, 5.41) is 3.32. The first kappa shape index (κ1) is 15.1. The predicted octanol–water partition coefficient (Wildman–Crippen LogP) is 1.62. The molecule has 0 spiro atoms. The molecule has 102 valence electrons. The summed E-state index contributed by atoms with van der Waals surface area (Å²) >= 11 is 0. The summed E-state index contributed by atoms with van der Waals surface area (Å²) in [4.78, 5) is 0. The van der Waals surface area contributed by atoms with Crippen molar-refractivity contribution in [2.45, 2.75) is 39.1 Å². The molecule has 0 bridgehead atoms. The Morgan fingerprint density at radius 3 is 2.17 bits per heavy atom. The molecular weight excluding hydrogens is 248 g/mol. The lowest BCUT2D eigenvalue weighted by atomic mass is 10.1. The topological polar surface area (TPSA) is 58.2 Å². The van der Waals surface area contributed by atoms with Crippen LogP contribution in [0.3, 0.4) is 0 Å². The molecule has 0 amide bonds. The van der Waals surface area contributed by atoms with Gasteiger partial charge in [0, 0.05) is 19.1 Å². The molecule has 0 heterocycles. The van der Waals surface area contributed by atoms with Gasteiger partial charge in [0.05, 0.1) is 5.75 Å². The third-order valence-electron chi connectivity index (χ3n) is 2.46. The van der Waals surface area contributed by atoms with Crippen molar-refractivity contribution in [2.75, 3.05) is 6.54 Å². The first-order chi connectivity index (χ1) is 8.43. The molecule has 0 saturated heterocycles. The van der Waals surface area contributed by atoms with Gasteiger partial charge in [0.15, 0.2) is 0 Å². The Morgan fingerprint density at radius 1 is 1.11 bits per heavy atom. The molecule has 1 rings (SSSR count). The van der Waals surface area contributed by atoms with Crippen molar-refractivity contribution in [1.29, 1.82) is 0 Å². The summed E-state index contributed by atoms with van der Waals surface area (Å²) in [5.41, 5.74) is 1.97. The second kappa shape index (κ2) is 6.87. The third-order valence-corrected chi connectivity index (χ3v) is 3.90. The lowest BCUT2D eigenvalue weighted by molar-refractivity contribution is 0.583. The number of sulfonamides is 1. The summed E-state index contributed by atoms with van der Waals surface area (Å²) in [5.74, 6) is 0.0404. The molecule has 0 aliphatic rings. The second-order valence-electron chi connectivity index (χ2n) is 4.61. The van der Waals surface area contributed by atoms with Crippen molar-refractivity contribution in [3.8, 4) is 0 Å². The van der Waals surface area contributed by atoms with E-state index in [4.69, 9.17) is 0 Å². The molecule has 0 unspecified atom stereocenters. The smallest absolute Gasteiger partial charge is 0.215 e. The van der Waals surface area contributed by atoms with E-state index in [1.807, 2.05) is 24.3 Å². The monoisotopic (exact) mass is 270 g/mol. The largest absolute Gasteiger partial charge is 0.310 e. The van der Waals surface area contributed by atoms with Crippen LogP contribution in [0.5, 0.6) is 0 Å². The lowest BCUT2D eigenvalue weighted by Gasteiger charge is -2.09. The number of benzene rings is 1. The van der Waals surface area contributed by atoms with Crippen molar-refractivity contribution in [3.05, 3.63) is 35.4 Å². The molecule has 0 aliphatic carbocycles. The van der Waals surface area contributed by atoms with Crippen molar-refractivity contribution in [2.24, 2.45) is 0 Å². The molecule has 1 aromatic carbocycles. The van der Waals surface area contributed by atoms with Crippen LogP contribution in [0.25, 0.3) is 0 Å². The molecule has 0 aromatic heterocycles. The van der Waals surface area contributed by atoms with Crippen LogP contribution >= 0.6 is 0 Å². The van der Waals surface area contributed by atoms with Gasteiger partial charge in [0.1, 0.15) is 0 Å². The third kappa shape index (κ3) is 5.62. The summed E-state index contributed by atoms with van der Waals surface area (Å²) in [6.45, 7) is 7.20. The van der Waals surface area contributed by atoms with Gasteiger partial charge in [0.25, 0.3) is 0 Å². The number of rotatable bonds is 7. The van der Waals surface area contributed by atoms with Crippen LogP contribution in [0, 0.1) is 0 Å². The predicted molar refractivity (Wildman–Crippen MR) is 74.7 cm³/mol. The van der Waals surface area contributed by atoms with E-state index in [0.29, 0.717) is 12.6 Å². The van der Waals surface area contributed by atoms with Crippen molar-refractivity contribution in [1.82, 2.24) is 10.0 Å². The maximum atomic E-state index is 11.6. The first-order valence-corrected chi connectivity index (χ1v) is 7.86. The molecule has 0 atom stereocenters. The Morgan fingerprint density at radius 2 is 1.67 bits per heavy atom. The van der Waals surface area contributed by atoms with Crippen LogP contribution < -0.4 is 10.0 Å². The van der Waals surface area contributed by atoms with Gasteiger partial charge in [-0.1, -0.05) is 45.0 Å². The highest BCUT2D eigenvalue weighted by Crippen LogP contribution is 2.08. The molecule has 18 heavy (non-hydrogen) atoms. The van der Waals surface area contributed by atoms with Crippen molar-refractivity contribution in [3.63, 3.8) is 0 Å². The fraction of sp³-hybridized carbons (Fsp3) is 0.538. The van der Waals surface area contributed by atoms with Gasteiger partial charge in [-0.3, -0.25) is 0 Å². The van der Waals surface area contributed by atoms with E-state index in [1.165, 1.54) is 0 Å². The molecule has 0 saturated carbocycles. The molecular formula is C13H22N2O2S. The van der Waals surface area contributed by atoms with Gasteiger partial charge in [-0.15, -0.1) is 0 Å². The quantitative estimate of drug-likeness (QED) is 0.791. The molecule has 1 aromatic rings. The first-order valence-electron chi connectivity index (χ1n) is 6.21. The Labute approximate surface area is 110 Å². The van der Waals surface area contributed by atoms with Gasteiger partial charge in [0.2, 0.25) is 10.0 Å². The van der Waals surface area contributed by atoms with Gasteiger partial charge in [-0.05, 0) is 11.1 Å². The van der Waals surface area contributed by atoms with E-state index in [2.05, 4.69) is 23.9 Å². The number of hydrogen-bond acceptors (Lipinski definition) is 3. The molecule has 0 fully saturated rings. The van der Waals surface area contributed by atoms with Crippen LogP contribution in [-0.2, 0) is 22.3 Å². The molecule has 0 radical (unpaired) electrons. The van der Waals surface area contributed by atoms with E-state index in [-0.39, 0.29) is 5.75 Å². The van der Waals surface area contributed by atoms with E-state index >= 15 is 0 Å². The van der Waals surface area contributed by atoms with Crippen LogP contribution in [0.15, 0.2) is 24.3 Å². The maximum Gasteiger partial charge on any atom is 0.215 e. The Hall–Kier alpha value is -0.910. The summed E-state index contributed by atoms with van der Waals surface area (Å²) in [6, 6.07) is 8.11. The Balaban J connectivity index is 2.60. The average Bonchev–Trinajstić information content (AvgIpc) is 2.27. The van der Waals surface area contributed by atoms with Crippen molar-refractivity contribution >= 4 is 10.0 Å². The SMILES string of the molecule is CCNS(=O)(=O)Cc1ccc(CNC(C)C)cc1. The van der Waals surface area contributed by atoms with Crippen LogP contribution in [0.2, 0.25) is 0 Å². The minimum atomic E-state index is -3.19. The van der Waals surface area contributed by atoms with Crippen LogP contribution in [0.1, 0.15) is 31.9 Å². The van der Waals surface area contributed by atoms with Crippen molar-refractivity contribution < 1.29 is 8.42 Å². The van der Waals surface area contributed by atoms with E-state index in [0.717, 1.165) is 17.7 Å². The van der Waals surface area contributed by atoms with Crippen LogP contribution in [0.4, 0.5) is 0 Å². The van der Waals surface area contributed by atoms with E-state index in [1.54, 1.807) is 6.92 Å². The van der Waals surface area contributed by atoms with E-state index in [9.17, 15) is 8.42 Å². The molecule has 4 nitrogen and oxygen atoms in total. The Kier molecular flexibility index (Phi) is 5.78. The lowest BCUT2D eigenvalue weighted by Crippen LogP contribution is -2.24. The summed E-state index contributed by atoms with van der Waals surface area (Å²) in [7, 11) is -3.19. The minimum absolute atomic E-state index is 0.0404. The molecule has 5 heteroatoms. The van der Waals surface area contributed by atoms with Gasteiger partial charge >= 0.3 is 0 Å². The fourth-order valence-corrected chi connectivity index (χ4v) is 2.74. The second-order valence-corrected chi connectivity index (χ2v) is 6.42. The number of hydrogen-bond donors (Lipinski definition) is 2. The van der Waals surface area contributed by atoms with Gasteiger partial charge < -0.3 is 5.32 Å². The molecule has 2 N–H and O–H groups in total. The highest BCUT2D eigenvalue weighted by Gasteiger charge is 2.09. The van der Waals surface area contributed by atoms with E-state index < -0.39 is 10.0 Å². The fourth-order valence-electron chi connectivity index (χ4n) is 1.57. The average molecular weight is 270 g/mol. The highest BCUT2D eigenvalue weighted by molar-refractivity contribution is 7.88. The maximum absolute atomic E-state index is 11.6. The zero-order valence-electron chi connectivity index (χ0n) is 11.2. The minimum Gasteiger partial charge on any atom is -0.310 e. The Bertz CT molecular complexity index is 452. The summed E-state index contributed by atoms with van der Waals surface area (Å²) in [6.07, 6.45) is 0. The normalized spacial score (nSPS) is 12.0. The standard InChI is InChI=1S/C13H22N2O2S/c1-4-15-18(16,17)10-13-7-5-12(6-8-13)9-14-11(2)3/h5-8,11,14-15H,4,9-10H2,1-3H3. The zero-order valence-corrected chi connectivity index (χ0v) is 12.0. The van der Waals surface area contributed by atoms with Gasteiger partial charge in [-0.25, -0.2) is 13.1 Å².